The Morgan fingerprint density at radius 2 is 2.04 bits per heavy atom. The van der Waals surface area contributed by atoms with Crippen LogP contribution in [0.3, 0.4) is 0 Å². The van der Waals surface area contributed by atoms with Crippen LogP contribution in [0.1, 0.15) is 42.4 Å². The van der Waals surface area contributed by atoms with Crippen LogP contribution in [0.5, 0.6) is 0 Å². The summed E-state index contributed by atoms with van der Waals surface area (Å²) < 4.78 is 11.6. The van der Waals surface area contributed by atoms with Crippen LogP contribution in [0.15, 0.2) is 24.4 Å². The van der Waals surface area contributed by atoms with Crippen LogP contribution in [0, 0.1) is 0 Å². The van der Waals surface area contributed by atoms with Gasteiger partial charge in [-0.3, -0.25) is 0 Å². The highest BCUT2D eigenvalue weighted by Gasteiger charge is 2.16. The van der Waals surface area contributed by atoms with Gasteiger partial charge in [-0.1, -0.05) is 22.9 Å². The lowest BCUT2D eigenvalue weighted by Gasteiger charge is -2.19. The molecule has 27 heavy (non-hydrogen) atoms. The second kappa shape index (κ2) is 8.85. The van der Waals surface area contributed by atoms with Crippen LogP contribution in [0.2, 0.25) is 5.02 Å². The van der Waals surface area contributed by atoms with E-state index in [2.05, 4.69) is 15.6 Å². The highest BCUT2D eigenvalue weighted by molar-refractivity contribution is 6.31. The summed E-state index contributed by atoms with van der Waals surface area (Å²) in [6.45, 7) is 6.13. The zero-order chi connectivity index (χ0) is 20.0. The number of rotatable bonds is 6. The van der Waals surface area contributed by atoms with Crippen molar-refractivity contribution >= 4 is 23.7 Å². The number of hydrogen-bond acceptors (Lipinski definition) is 6. The number of carbonyl (C=O) groups excluding carboxylic acids is 2. The van der Waals surface area contributed by atoms with Crippen LogP contribution in [-0.2, 0) is 22.4 Å². The molecule has 0 saturated carbocycles. The Labute approximate surface area is 162 Å². The lowest BCUT2D eigenvalue weighted by Crippen LogP contribution is -2.33. The average molecular weight is 395 g/mol. The van der Waals surface area contributed by atoms with E-state index in [1.807, 2.05) is 0 Å². The number of alkyl carbamates (subject to hydrolysis) is 1. The molecule has 1 N–H and O–H groups in total. The Bertz CT molecular complexity index is 814. The van der Waals surface area contributed by atoms with Crippen molar-refractivity contribution in [3.63, 3.8) is 0 Å². The molecule has 2 aromatic rings. The largest absolute Gasteiger partial charge is 0.465 e. The number of aromatic nitrogens is 3. The van der Waals surface area contributed by atoms with Crippen LogP contribution < -0.4 is 5.32 Å². The van der Waals surface area contributed by atoms with E-state index < -0.39 is 17.7 Å². The first-order valence-electron chi connectivity index (χ1n) is 8.40. The highest BCUT2D eigenvalue weighted by Crippen LogP contribution is 2.18. The number of nitrogens with one attached hydrogen (secondary N) is 1. The summed E-state index contributed by atoms with van der Waals surface area (Å²) in [5.74, 6) is -0.464. The predicted molar refractivity (Wildman–Crippen MR) is 99.9 cm³/mol. The number of hydrogen-bond donors (Lipinski definition) is 1. The molecule has 0 radical (unpaired) electrons. The molecule has 1 aromatic heterocycles. The van der Waals surface area contributed by atoms with Crippen molar-refractivity contribution in [3.8, 4) is 0 Å². The molecule has 0 saturated heterocycles. The van der Waals surface area contributed by atoms with Crippen molar-refractivity contribution in [3.05, 3.63) is 46.2 Å². The van der Waals surface area contributed by atoms with Crippen LogP contribution in [0.25, 0.3) is 0 Å². The summed E-state index contributed by atoms with van der Waals surface area (Å²) >= 11 is 5.96. The number of amides is 1. The molecular weight excluding hydrogens is 372 g/mol. The summed E-state index contributed by atoms with van der Waals surface area (Å²) in [6, 6.07) is 5.01. The van der Waals surface area contributed by atoms with Crippen molar-refractivity contribution in [2.24, 2.45) is 0 Å². The molecule has 0 spiro atoms. The van der Waals surface area contributed by atoms with Crippen LogP contribution in [0.4, 0.5) is 4.79 Å². The number of halogens is 1. The average Bonchev–Trinajstić information content (AvgIpc) is 3.01. The van der Waals surface area contributed by atoms with Gasteiger partial charge in [0.1, 0.15) is 5.60 Å². The van der Waals surface area contributed by atoms with E-state index >= 15 is 0 Å². The van der Waals surface area contributed by atoms with Gasteiger partial charge in [0.15, 0.2) is 0 Å². The molecule has 0 fully saturated rings. The first kappa shape index (κ1) is 20.7. The fourth-order valence-electron chi connectivity index (χ4n) is 2.30. The number of nitrogens with zero attached hydrogens (tertiary/aromatic N) is 3. The Morgan fingerprint density at radius 1 is 1.30 bits per heavy atom. The van der Waals surface area contributed by atoms with Crippen molar-refractivity contribution in [2.75, 3.05) is 13.7 Å². The summed E-state index contributed by atoms with van der Waals surface area (Å²) in [7, 11) is 1.32. The van der Waals surface area contributed by atoms with E-state index in [-0.39, 0.29) is 0 Å². The van der Waals surface area contributed by atoms with Gasteiger partial charge in [-0.15, -0.1) is 5.10 Å². The smallest absolute Gasteiger partial charge is 0.407 e. The van der Waals surface area contributed by atoms with Crippen LogP contribution >= 0.6 is 11.6 Å². The number of carbonyl (C=O) groups is 2. The Kier molecular flexibility index (Phi) is 6.79. The number of benzene rings is 1. The molecule has 1 aromatic carbocycles. The molecule has 8 nitrogen and oxygen atoms in total. The molecule has 1 amide bonds. The minimum Gasteiger partial charge on any atom is -0.465 e. The number of esters is 1. The number of methoxy groups -OCH3 is 1. The molecule has 1 heterocycles. The zero-order valence-electron chi connectivity index (χ0n) is 15.8. The normalized spacial score (nSPS) is 11.1. The highest BCUT2D eigenvalue weighted by atomic mass is 35.5. The van der Waals surface area contributed by atoms with Crippen LogP contribution in [-0.4, -0.2) is 46.3 Å². The van der Waals surface area contributed by atoms with E-state index in [4.69, 9.17) is 21.1 Å². The molecule has 0 aliphatic carbocycles. The summed E-state index contributed by atoms with van der Waals surface area (Å²) in [4.78, 5) is 23.5. The first-order valence-corrected chi connectivity index (χ1v) is 8.78. The van der Waals surface area contributed by atoms with E-state index in [0.29, 0.717) is 35.8 Å². The third-order valence-electron chi connectivity index (χ3n) is 3.45. The van der Waals surface area contributed by atoms with Gasteiger partial charge in [0.2, 0.25) is 0 Å². The molecule has 0 aliphatic rings. The molecule has 2 rings (SSSR count). The maximum Gasteiger partial charge on any atom is 0.407 e. The standard InChI is InChI=1S/C18H23ClN4O4/c1-18(2,3)27-17(25)20-8-7-14-11-23(22-21-14)10-12-5-6-13(19)9-15(12)16(24)26-4/h5-6,9,11H,7-8,10H2,1-4H3,(H,20,25). The molecule has 0 aliphatic heterocycles. The van der Waals surface area contributed by atoms with Gasteiger partial charge in [-0.05, 0) is 38.5 Å². The monoisotopic (exact) mass is 394 g/mol. The van der Waals surface area contributed by atoms with Gasteiger partial charge in [-0.2, -0.15) is 0 Å². The lowest BCUT2D eigenvalue weighted by molar-refractivity contribution is 0.0527. The third-order valence-corrected chi connectivity index (χ3v) is 3.68. The van der Waals surface area contributed by atoms with Crippen molar-refractivity contribution in [2.45, 2.75) is 39.3 Å². The maximum atomic E-state index is 11.9. The Morgan fingerprint density at radius 3 is 2.70 bits per heavy atom. The quantitative estimate of drug-likeness (QED) is 0.757. The van der Waals surface area contributed by atoms with Gasteiger partial charge in [0, 0.05) is 24.2 Å². The molecule has 146 valence electrons. The van der Waals surface area contributed by atoms with Gasteiger partial charge >= 0.3 is 12.1 Å². The van der Waals surface area contributed by atoms with Crippen molar-refractivity contribution in [1.82, 2.24) is 20.3 Å². The van der Waals surface area contributed by atoms with Gasteiger partial charge in [-0.25, -0.2) is 14.3 Å². The Balaban J connectivity index is 1.95. The third kappa shape index (κ3) is 6.56. The molecular formula is C18H23ClN4O4. The second-order valence-corrected chi connectivity index (χ2v) is 7.32. The van der Waals surface area contributed by atoms with E-state index in [9.17, 15) is 9.59 Å². The molecule has 9 heteroatoms. The van der Waals surface area contributed by atoms with Gasteiger partial charge in [0.25, 0.3) is 0 Å². The fourth-order valence-corrected chi connectivity index (χ4v) is 2.47. The maximum absolute atomic E-state index is 11.9. The minimum absolute atomic E-state index is 0.341. The van der Waals surface area contributed by atoms with E-state index in [0.717, 1.165) is 5.56 Å². The Hall–Kier alpha value is -2.61. The first-order chi connectivity index (χ1) is 12.7. The number of ether oxygens (including phenoxy) is 2. The molecule has 0 atom stereocenters. The SMILES string of the molecule is COC(=O)c1cc(Cl)ccc1Cn1cc(CCNC(=O)OC(C)(C)C)nn1. The van der Waals surface area contributed by atoms with Gasteiger partial charge < -0.3 is 14.8 Å². The van der Waals surface area contributed by atoms with E-state index in [1.165, 1.54) is 7.11 Å². The fraction of sp³-hybridized carbons (Fsp3) is 0.444. The summed E-state index contributed by atoms with van der Waals surface area (Å²) in [5, 5.41) is 11.3. The van der Waals surface area contributed by atoms with E-state index in [1.54, 1.807) is 49.8 Å². The second-order valence-electron chi connectivity index (χ2n) is 6.88. The summed E-state index contributed by atoms with van der Waals surface area (Å²) in [6.07, 6.45) is 1.79. The molecule has 0 bridgehead atoms. The van der Waals surface area contributed by atoms with Crippen molar-refractivity contribution < 1.29 is 19.1 Å². The predicted octanol–water partition coefficient (Wildman–Crippen LogP) is 2.83. The topological polar surface area (TPSA) is 95.3 Å². The lowest BCUT2D eigenvalue weighted by atomic mass is 10.1. The molecule has 0 unspecified atom stereocenters. The zero-order valence-corrected chi connectivity index (χ0v) is 16.5. The summed E-state index contributed by atoms with van der Waals surface area (Å²) in [5.41, 5.74) is 1.27. The van der Waals surface area contributed by atoms with Gasteiger partial charge in [0.05, 0.1) is 24.9 Å². The van der Waals surface area contributed by atoms with Crippen molar-refractivity contribution in [1.29, 1.82) is 0 Å². The minimum atomic E-state index is -0.539.